The monoisotopic (exact) mass is 434 g/mol. The first-order valence-electron chi connectivity index (χ1n) is 10.7. The minimum Gasteiger partial charge on any atom is -0.370 e. The highest BCUT2D eigenvalue weighted by Gasteiger charge is 2.52. The first-order chi connectivity index (χ1) is 15.4. The molecular formula is C24H26N4O4. The van der Waals surface area contributed by atoms with E-state index in [4.69, 9.17) is 5.73 Å². The Morgan fingerprint density at radius 3 is 2.44 bits per heavy atom. The molecule has 1 unspecified atom stereocenters. The quantitative estimate of drug-likeness (QED) is 0.641. The molecule has 8 nitrogen and oxygen atoms in total. The number of nitrogens with zero attached hydrogens (tertiary/aromatic N) is 2. The minimum absolute atomic E-state index is 0.000558. The fourth-order valence-electron chi connectivity index (χ4n) is 4.42. The van der Waals surface area contributed by atoms with Crippen LogP contribution in [0.15, 0.2) is 54.6 Å². The van der Waals surface area contributed by atoms with Gasteiger partial charge in [-0.15, -0.1) is 0 Å². The average molecular weight is 434 g/mol. The van der Waals surface area contributed by atoms with Crippen molar-refractivity contribution in [3.63, 3.8) is 0 Å². The summed E-state index contributed by atoms with van der Waals surface area (Å²) in [5.74, 6) is -1.31. The molecule has 1 atom stereocenters. The zero-order chi connectivity index (χ0) is 22.7. The number of hydrogen-bond acceptors (Lipinski definition) is 4. The van der Waals surface area contributed by atoms with Gasteiger partial charge < -0.3 is 16.0 Å². The molecule has 2 aromatic carbocycles. The third kappa shape index (κ3) is 4.34. The van der Waals surface area contributed by atoms with Crippen LogP contribution in [-0.4, -0.2) is 52.2 Å². The van der Waals surface area contributed by atoms with E-state index in [0.717, 1.165) is 16.0 Å². The Bertz CT molecular complexity index is 1050. The Balaban J connectivity index is 1.49. The van der Waals surface area contributed by atoms with Crippen molar-refractivity contribution in [1.29, 1.82) is 0 Å². The second kappa shape index (κ2) is 8.82. The summed E-state index contributed by atoms with van der Waals surface area (Å²) in [5, 5.41) is 2.85. The number of hydrogen-bond donors (Lipinski definition) is 2. The van der Waals surface area contributed by atoms with E-state index in [1.54, 1.807) is 0 Å². The van der Waals surface area contributed by atoms with Crippen molar-refractivity contribution in [2.75, 3.05) is 13.1 Å². The number of urea groups is 1. The van der Waals surface area contributed by atoms with E-state index >= 15 is 0 Å². The third-order valence-electron chi connectivity index (χ3n) is 6.17. The maximum Gasteiger partial charge on any atom is 0.325 e. The van der Waals surface area contributed by atoms with Gasteiger partial charge in [-0.2, -0.15) is 0 Å². The van der Waals surface area contributed by atoms with Crippen LogP contribution < -0.4 is 11.1 Å². The summed E-state index contributed by atoms with van der Waals surface area (Å²) < 4.78 is 0. The van der Waals surface area contributed by atoms with Crippen molar-refractivity contribution in [2.45, 2.75) is 37.8 Å². The number of carbonyl (C=O) groups is 4. The Labute approximate surface area is 186 Å². The van der Waals surface area contributed by atoms with Gasteiger partial charge >= 0.3 is 6.03 Å². The molecule has 0 bridgehead atoms. The van der Waals surface area contributed by atoms with E-state index in [-0.39, 0.29) is 32.0 Å². The molecule has 1 aliphatic carbocycles. The minimum atomic E-state index is -1.01. The smallest absolute Gasteiger partial charge is 0.325 e. The zero-order valence-corrected chi connectivity index (χ0v) is 17.8. The van der Waals surface area contributed by atoms with E-state index in [1.165, 1.54) is 10.5 Å². The highest BCUT2D eigenvalue weighted by atomic mass is 16.2. The van der Waals surface area contributed by atoms with Crippen LogP contribution in [0.1, 0.15) is 29.5 Å². The predicted octanol–water partition coefficient (Wildman–Crippen LogP) is 1.37. The molecule has 0 saturated carbocycles. The molecule has 2 aromatic rings. The number of primary amides is 1. The van der Waals surface area contributed by atoms with E-state index in [9.17, 15) is 19.2 Å². The van der Waals surface area contributed by atoms with Crippen LogP contribution in [-0.2, 0) is 33.8 Å². The van der Waals surface area contributed by atoms with Gasteiger partial charge in [-0.05, 0) is 29.5 Å². The number of carbonyl (C=O) groups excluding carboxylic acids is 4. The Morgan fingerprint density at radius 2 is 1.72 bits per heavy atom. The lowest BCUT2D eigenvalue weighted by atomic mass is 9.78. The molecule has 4 rings (SSSR count). The van der Waals surface area contributed by atoms with E-state index in [2.05, 4.69) is 5.32 Å². The molecule has 2 aliphatic rings. The van der Waals surface area contributed by atoms with Gasteiger partial charge in [-0.25, -0.2) is 4.79 Å². The summed E-state index contributed by atoms with van der Waals surface area (Å²) in [6.07, 6.45) is 1.59. The van der Waals surface area contributed by atoms with E-state index in [1.807, 2.05) is 54.6 Å². The fourth-order valence-corrected chi connectivity index (χ4v) is 4.42. The lowest BCUT2D eigenvalue weighted by Gasteiger charge is -2.32. The van der Waals surface area contributed by atoms with Crippen molar-refractivity contribution < 1.29 is 19.2 Å². The molecule has 0 aromatic heterocycles. The summed E-state index contributed by atoms with van der Waals surface area (Å²) in [6.45, 7) is 0.00000864. The van der Waals surface area contributed by atoms with Gasteiger partial charge in [0.1, 0.15) is 12.1 Å². The third-order valence-corrected chi connectivity index (χ3v) is 6.17. The lowest BCUT2D eigenvalue weighted by Crippen LogP contribution is -2.51. The number of nitrogens with one attached hydrogen (secondary N) is 1. The van der Waals surface area contributed by atoms with Gasteiger partial charge in [-0.3, -0.25) is 19.3 Å². The highest BCUT2D eigenvalue weighted by Crippen LogP contribution is 2.33. The average Bonchev–Trinajstić information content (AvgIpc) is 3.00. The van der Waals surface area contributed by atoms with Gasteiger partial charge in [0, 0.05) is 25.9 Å². The maximum atomic E-state index is 13.3. The van der Waals surface area contributed by atoms with Crippen LogP contribution in [0.4, 0.5) is 4.79 Å². The number of amides is 5. The number of imide groups is 1. The fraction of sp³-hybridized carbons (Fsp3) is 0.333. The number of rotatable bonds is 7. The van der Waals surface area contributed by atoms with Gasteiger partial charge in [0.25, 0.3) is 5.91 Å². The van der Waals surface area contributed by atoms with Crippen molar-refractivity contribution in [3.05, 3.63) is 71.3 Å². The molecule has 1 fully saturated rings. The molecule has 1 aliphatic heterocycles. The number of benzene rings is 2. The normalized spacial score (nSPS) is 19.6. The van der Waals surface area contributed by atoms with Crippen LogP contribution in [0, 0.1) is 0 Å². The topological polar surface area (TPSA) is 113 Å². The molecular weight excluding hydrogens is 408 g/mol. The molecule has 0 radical (unpaired) electrons. The second-order valence-corrected chi connectivity index (χ2v) is 8.37. The number of fused-ring (bicyclic) bond motifs is 1. The molecule has 166 valence electrons. The standard InChI is InChI=1S/C24H26N4O4/c25-20(29)11-13-27(15-17-6-2-1-3-7-17)21(30)16-28-22(31)24(26-23(28)32)12-10-18-8-4-5-9-19(18)14-24/h1-9H,10-16H2,(H2,25,29)(H,26,32). The van der Waals surface area contributed by atoms with Gasteiger partial charge in [0.15, 0.2) is 0 Å². The highest BCUT2D eigenvalue weighted by molar-refractivity contribution is 6.09. The SMILES string of the molecule is NC(=O)CCN(Cc1ccccc1)C(=O)CN1C(=O)NC2(CCc3ccccc3C2)C1=O. The maximum absolute atomic E-state index is 13.3. The van der Waals surface area contributed by atoms with Crippen molar-refractivity contribution in [3.8, 4) is 0 Å². The molecule has 3 N–H and O–H groups in total. The van der Waals surface area contributed by atoms with E-state index in [0.29, 0.717) is 19.3 Å². The van der Waals surface area contributed by atoms with Crippen molar-refractivity contribution in [1.82, 2.24) is 15.1 Å². The molecule has 1 heterocycles. The Morgan fingerprint density at radius 1 is 1.03 bits per heavy atom. The lowest BCUT2D eigenvalue weighted by molar-refractivity contribution is -0.139. The summed E-state index contributed by atoms with van der Waals surface area (Å²) in [7, 11) is 0. The van der Waals surface area contributed by atoms with Crippen LogP contribution in [0.25, 0.3) is 0 Å². The van der Waals surface area contributed by atoms with E-state index < -0.39 is 23.4 Å². The number of nitrogens with two attached hydrogens (primary N) is 1. The van der Waals surface area contributed by atoms with Gasteiger partial charge in [-0.1, -0.05) is 54.6 Å². The van der Waals surface area contributed by atoms with Crippen LogP contribution in [0.2, 0.25) is 0 Å². The number of aryl methyl sites for hydroxylation is 1. The molecule has 8 heteroatoms. The predicted molar refractivity (Wildman–Crippen MR) is 117 cm³/mol. The van der Waals surface area contributed by atoms with Crippen molar-refractivity contribution >= 4 is 23.8 Å². The molecule has 32 heavy (non-hydrogen) atoms. The summed E-state index contributed by atoms with van der Waals surface area (Å²) in [5.41, 5.74) is 7.35. The molecule has 5 amide bonds. The summed E-state index contributed by atoms with van der Waals surface area (Å²) in [4.78, 5) is 52.8. The largest absolute Gasteiger partial charge is 0.370 e. The summed E-state index contributed by atoms with van der Waals surface area (Å²) in [6, 6.07) is 16.6. The Hall–Kier alpha value is -3.68. The first kappa shape index (κ1) is 21.5. The van der Waals surface area contributed by atoms with Crippen LogP contribution in [0.5, 0.6) is 0 Å². The molecule has 1 spiro atoms. The van der Waals surface area contributed by atoms with Crippen LogP contribution >= 0.6 is 0 Å². The zero-order valence-electron chi connectivity index (χ0n) is 17.8. The molecule has 1 saturated heterocycles. The first-order valence-corrected chi connectivity index (χ1v) is 10.7. The van der Waals surface area contributed by atoms with Crippen molar-refractivity contribution in [2.24, 2.45) is 5.73 Å². The second-order valence-electron chi connectivity index (χ2n) is 8.37. The summed E-state index contributed by atoms with van der Waals surface area (Å²) >= 11 is 0. The van der Waals surface area contributed by atoms with Gasteiger partial charge in [0.05, 0.1) is 0 Å². The van der Waals surface area contributed by atoms with Gasteiger partial charge in [0.2, 0.25) is 11.8 Å². The van der Waals surface area contributed by atoms with Crippen LogP contribution in [0.3, 0.4) is 0 Å². The Kier molecular flexibility index (Phi) is 5.94.